The van der Waals surface area contributed by atoms with Crippen molar-refractivity contribution < 1.29 is 17.9 Å². The first-order valence-electron chi connectivity index (χ1n) is 8.05. The van der Waals surface area contributed by atoms with E-state index in [9.17, 15) is 13.2 Å². The quantitative estimate of drug-likeness (QED) is 0.490. The van der Waals surface area contributed by atoms with Gasteiger partial charge in [-0.25, -0.2) is 0 Å². The molecule has 0 aromatic carbocycles. The molecule has 0 radical (unpaired) electrons. The van der Waals surface area contributed by atoms with Crippen molar-refractivity contribution in [2.75, 3.05) is 20.2 Å². The van der Waals surface area contributed by atoms with E-state index in [0.717, 1.165) is 6.42 Å². The summed E-state index contributed by atoms with van der Waals surface area (Å²) in [7, 11) is 1.60. The Kier molecular flexibility index (Phi) is 6.69. The lowest BCUT2D eigenvalue weighted by Crippen LogP contribution is -2.47. The summed E-state index contributed by atoms with van der Waals surface area (Å²) in [5.74, 6) is -0.0593. The van der Waals surface area contributed by atoms with Crippen LogP contribution in [0.3, 0.4) is 0 Å². The van der Waals surface area contributed by atoms with Crippen LogP contribution in [0.1, 0.15) is 25.7 Å². The standard InChI is InChI=1S/C16H23F3N4O/c1-20-15(22-8-9-24-14-6-3-7-21-11-14)23-13-5-2-4-12(10-13)16(17,18)19/h3,6-7,11-13H,2,4-5,8-10H2,1H3,(H2,20,22,23). The fourth-order valence-corrected chi connectivity index (χ4v) is 2.78. The van der Waals surface area contributed by atoms with E-state index in [4.69, 9.17) is 4.74 Å². The van der Waals surface area contributed by atoms with Crippen LogP contribution >= 0.6 is 0 Å². The monoisotopic (exact) mass is 344 g/mol. The van der Waals surface area contributed by atoms with Gasteiger partial charge in [-0.3, -0.25) is 9.98 Å². The molecule has 24 heavy (non-hydrogen) atoms. The number of nitrogens with zero attached hydrogens (tertiary/aromatic N) is 2. The molecule has 134 valence electrons. The van der Waals surface area contributed by atoms with Crippen molar-refractivity contribution in [1.82, 2.24) is 15.6 Å². The van der Waals surface area contributed by atoms with Crippen LogP contribution in [-0.4, -0.2) is 43.4 Å². The number of nitrogens with one attached hydrogen (secondary N) is 2. The molecule has 2 rings (SSSR count). The minimum absolute atomic E-state index is 0.0936. The fraction of sp³-hybridized carbons (Fsp3) is 0.625. The van der Waals surface area contributed by atoms with E-state index in [1.54, 1.807) is 31.6 Å². The molecule has 0 saturated heterocycles. The number of aromatic nitrogens is 1. The van der Waals surface area contributed by atoms with E-state index in [1.807, 2.05) is 0 Å². The van der Waals surface area contributed by atoms with Gasteiger partial charge in [0.1, 0.15) is 12.4 Å². The Morgan fingerprint density at radius 1 is 1.42 bits per heavy atom. The van der Waals surface area contributed by atoms with Gasteiger partial charge >= 0.3 is 6.18 Å². The van der Waals surface area contributed by atoms with E-state index in [0.29, 0.717) is 31.3 Å². The van der Waals surface area contributed by atoms with Crippen molar-refractivity contribution in [2.45, 2.75) is 37.9 Å². The van der Waals surface area contributed by atoms with E-state index in [2.05, 4.69) is 20.6 Å². The van der Waals surface area contributed by atoms with Gasteiger partial charge in [0.2, 0.25) is 0 Å². The Labute approximate surface area is 139 Å². The fourth-order valence-electron chi connectivity index (χ4n) is 2.78. The molecule has 2 unspecified atom stereocenters. The summed E-state index contributed by atoms with van der Waals surface area (Å²) in [6, 6.07) is 3.37. The van der Waals surface area contributed by atoms with Crippen molar-refractivity contribution in [3.63, 3.8) is 0 Å². The zero-order chi connectivity index (χ0) is 17.4. The summed E-state index contributed by atoms with van der Waals surface area (Å²) in [6.45, 7) is 0.895. The second-order valence-corrected chi connectivity index (χ2v) is 5.78. The highest BCUT2D eigenvalue weighted by atomic mass is 19.4. The largest absolute Gasteiger partial charge is 0.490 e. The number of pyridine rings is 1. The number of rotatable bonds is 5. The lowest BCUT2D eigenvalue weighted by atomic mass is 9.85. The van der Waals surface area contributed by atoms with Gasteiger partial charge < -0.3 is 15.4 Å². The van der Waals surface area contributed by atoms with Crippen molar-refractivity contribution in [2.24, 2.45) is 10.9 Å². The first-order chi connectivity index (χ1) is 11.5. The van der Waals surface area contributed by atoms with Crippen LogP contribution in [0.4, 0.5) is 13.2 Å². The second kappa shape index (κ2) is 8.75. The summed E-state index contributed by atoms with van der Waals surface area (Å²) >= 11 is 0. The molecule has 2 N–H and O–H groups in total. The van der Waals surface area contributed by atoms with E-state index < -0.39 is 12.1 Å². The Balaban J connectivity index is 1.72. The molecule has 0 bridgehead atoms. The van der Waals surface area contributed by atoms with Crippen LogP contribution < -0.4 is 15.4 Å². The molecule has 1 heterocycles. The topological polar surface area (TPSA) is 58.5 Å². The molecule has 1 fully saturated rings. The SMILES string of the molecule is CN=C(NCCOc1cccnc1)NC1CCCC(C(F)(F)F)C1. The molecule has 1 aliphatic rings. The minimum atomic E-state index is -4.12. The van der Waals surface area contributed by atoms with Crippen LogP contribution in [0, 0.1) is 5.92 Å². The zero-order valence-electron chi connectivity index (χ0n) is 13.6. The molecule has 1 aromatic heterocycles. The third kappa shape index (κ3) is 5.90. The third-order valence-corrected chi connectivity index (χ3v) is 4.00. The summed E-state index contributed by atoms with van der Waals surface area (Å²) in [5.41, 5.74) is 0. The molecule has 1 saturated carbocycles. The number of halogens is 3. The van der Waals surface area contributed by atoms with Crippen molar-refractivity contribution >= 4 is 5.96 Å². The molecule has 8 heteroatoms. The van der Waals surface area contributed by atoms with Crippen molar-refractivity contribution in [3.8, 4) is 5.75 Å². The molecule has 0 aliphatic heterocycles. The van der Waals surface area contributed by atoms with Gasteiger partial charge in [-0.1, -0.05) is 6.42 Å². The van der Waals surface area contributed by atoms with Crippen LogP contribution in [0.5, 0.6) is 5.75 Å². The number of aliphatic imine (C=N–C) groups is 1. The summed E-state index contributed by atoms with van der Waals surface area (Å²) in [5, 5.41) is 6.13. The van der Waals surface area contributed by atoms with Gasteiger partial charge in [-0.15, -0.1) is 0 Å². The predicted molar refractivity (Wildman–Crippen MR) is 86.0 cm³/mol. The molecule has 0 spiro atoms. The summed E-state index contributed by atoms with van der Waals surface area (Å²) < 4.78 is 44.0. The summed E-state index contributed by atoms with van der Waals surface area (Å²) in [6.07, 6.45) is 0.766. The average molecular weight is 344 g/mol. The maximum absolute atomic E-state index is 12.8. The zero-order valence-corrected chi connectivity index (χ0v) is 13.6. The third-order valence-electron chi connectivity index (χ3n) is 4.00. The van der Waals surface area contributed by atoms with Crippen molar-refractivity contribution in [1.29, 1.82) is 0 Å². The van der Waals surface area contributed by atoms with Gasteiger partial charge in [0.15, 0.2) is 5.96 Å². The number of hydrogen-bond acceptors (Lipinski definition) is 3. The minimum Gasteiger partial charge on any atom is -0.490 e. The Morgan fingerprint density at radius 2 is 2.25 bits per heavy atom. The predicted octanol–water partition coefficient (Wildman–Crippen LogP) is 2.75. The average Bonchev–Trinajstić information content (AvgIpc) is 2.58. The van der Waals surface area contributed by atoms with Gasteiger partial charge in [-0.2, -0.15) is 13.2 Å². The first-order valence-corrected chi connectivity index (χ1v) is 8.05. The molecular weight excluding hydrogens is 321 g/mol. The molecule has 0 amide bonds. The van der Waals surface area contributed by atoms with E-state index in [-0.39, 0.29) is 18.9 Å². The van der Waals surface area contributed by atoms with Gasteiger partial charge in [-0.05, 0) is 31.4 Å². The number of alkyl halides is 3. The number of hydrogen-bond donors (Lipinski definition) is 2. The maximum atomic E-state index is 12.8. The Hall–Kier alpha value is -1.99. The highest BCUT2D eigenvalue weighted by Crippen LogP contribution is 2.37. The molecular formula is C16H23F3N4O. The highest BCUT2D eigenvalue weighted by Gasteiger charge is 2.42. The number of guanidine groups is 1. The molecule has 2 atom stereocenters. The lowest BCUT2D eigenvalue weighted by Gasteiger charge is -2.31. The number of ether oxygens (including phenoxy) is 1. The Morgan fingerprint density at radius 3 is 2.92 bits per heavy atom. The first kappa shape index (κ1) is 18.4. The molecule has 5 nitrogen and oxygen atoms in total. The van der Waals surface area contributed by atoms with Gasteiger partial charge in [0.25, 0.3) is 0 Å². The smallest absolute Gasteiger partial charge is 0.391 e. The van der Waals surface area contributed by atoms with Crippen LogP contribution in [0.15, 0.2) is 29.5 Å². The van der Waals surface area contributed by atoms with Gasteiger partial charge in [0, 0.05) is 19.3 Å². The normalized spacial score (nSPS) is 22.1. The van der Waals surface area contributed by atoms with E-state index in [1.165, 1.54) is 0 Å². The maximum Gasteiger partial charge on any atom is 0.391 e. The Bertz CT molecular complexity index is 522. The summed E-state index contributed by atoms with van der Waals surface area (Å²) in [4.78, 5) is 8.00. The lowest BCUT2D eigenvalue weighted by molar-refractivity contribution is -0.183. The van der Waals surface area contributed by atoms with Crippen LogP contribution in [-0.2, 0) is 0 Å². The second-order valence-electron chi connectivity index (χ2n) is 5.78. The molecule has 1 aromatic rings. The van der Waals surface area contributed by atoms with Crippen LogP contribution in [0.2, 0.25) is 0 Å². The van der Waals surface area contributed by atoms with Crippen LogP contribution in [0.25, 0.3) is 0 Å². The molecule has 1 aliphatic carbocycles. The highest BCUT2D eigenvalue weighted by molar-refractivity contribution is 5.79. The van der Waals surface area contributed by atoms with E-state index >= 15 is 0 Å². The van der Waals surface area contributed by atoms with Gasteiger partial charge in [0.05, 0.1) is 18.7 Å². The van der Waals surface area contributed by atoms with Crippen molar-refractivity contribution in [3.05, 3.63) is 24.5 Å².